The van der Waals surface area contributed by atoms with Crippen molar-refractivity contribution in [2.45, 2.75) is 26.2 Å². The van der Waals surface area contributed by atoms with Crippen LogP contribution in [-0.2, 0) is 6.42 Å². The number of pyridine rings is 1. The van der Waals surface area contributed by atoms with Crippen LogP contribution in [-0.4, -0.2) is 23.3 Å². The van der Waals surface area contributed by atoms with Gasteiger partial charge >= 0.3 is 7.05 Å². The second kappa shape index (κ2) is 6.50. The van der Waals surface area contributed by atoms with Crippen molar-refractivity contribution in [2.24, 2.45) is 5.10 Å². The topological polar surface area (TPSA) is 48.7 Å². The predicted octanol–water partition coefficient (Wildman–Crippen LogP) is 2.62. The second-order valence-corrected chi connectivity index (χ2v) is 5.70. The lowest BCUT2D eigenvalue weighted by molar-refractivity contribution is 0.578. The van der Waals surface area contributed by atoms with Crippen LogP contribution in [0.1, 0.15) is 30.9 Å². The number of hydrazone groups is 1. The van der Waals surface area contributed by atoms with Gasteiger partial charge in [-0.15, -0.1) is 0 Å². The molecule has 2 aromatic rings. The number of fused-ring (bicyclic) bond motifs is 1. The number of unbranched alkanes of at least 4 members (excludes halogenated alkanes) is 1. The molecule has 0 radical (unpaired) electrons. The molecular formula is C16H17BClN3O. The molecule has 0 unspecified atom stereocenters. The maximum absolute atomic E-state index is 10.6. The quantitative estimate of drug-likeness (QED) is 0.697. The van der Waals surface area contributed by atoms with E-state index in [2.05, 4.69) is 29.1 Å². The van der Waals surface area contributed by atoms with Crippen LogP contribution >= 0.6 is 11.6 Å². The van der Waals surface area contributed by atoms with Crippen LogP contribution in [0.25, 0.3) is 0 Å². The molecule has 2 heterocycles. The fourth-order valence-electron chi connectivity index (χ4n) is 2.58. The minimum absolute atomic E-state index is 0.309. The predicted molar refractivity (Wildman–Crippen MR) is 92.0 cm³/mol. The van der Waals surface area contributed by atoms with Crippen molar-refractivity contribution < 1.29 is 5.02 Å². The highest BCUT2D eigenvalue weighted by atomic mass is 35.5. The van der Waals surface area contributed by atoms with E-state index < -0.39 is 7.05 Å². The van der Waals surface area contributed by atoms with Crippen LogP contribution in [0.3, 0.4) is 0 Å². The first-order valence-electron chi connectivity index (χ1n) is 7.45. The summed E-state index contributed by atoms with van der Waals surface area (Å²) in [6.45, 7) is 2.18. The summed E-state index contributed by atoms with van der Waals surface area (Å²) in [4.78, 5) is 5.62. The number of benzene rings is 1. The molecule has 6 heteroatoms. The number of anilines is 1. The Hall–Kier alpha value is -1.85. The van der Waals surface area contributed by atoms with Crippen LogP contribution in [0, 0.1) is 0 Å². The van der Waals surface area contributed by atoms with Crippen molar-refractivity contribution in [1.29, 1.82) is 0 Å². The summed E-state index contributed by atoms with van der Waals surface area (Å²) in [5, 5.41) is 15.3. The summed E-state index contributed by atoms with van der Waals surface area (Å²) >= 11 is 6.13. The molecule has 1 aliphatic heterocycles. The Balaban J connectivity index is 1.92. The maximum atomic E-state index is 10.6. The summed E-state index contributed by atoms with van der Waals surface area (Å²) in [6.07, 6.45) is 6.64. The summed E-state index contributed by atoms with van der Waals surface area (Å²) in [7, 11) is -0.928. The SMILES string of the molecule is CCCCc1cccc(N2N=Cc3ccnc(Cl)c3B2O)c1. The van der Waals surface area contributed by atoms with Crippen LogP contribution in [0.2, 0.25) is 5.15 Å². The van der Waals surface area contributed by atoms with Crippen molar-refractivity contribution in [3.63, 3.8) is 0 Å². The first-order chi connectivity index (χ1) is 10.7. The third-order valence-electron chi connectivity index (χ3n) is 3.78. The molecule has 112 valence electrons. The highest BCUT2D eigenvalue weighted by Gasteiger charge is 2.32. The van der Waals surface area contributed by atoms with Gasteiger partial charge in [-0.1, -0.05) is 37.1 Å². The number of hydrogen-bond acceptors (Lipinski definition) is 4. The smallest absolute Gasteiger partial charge is 0.427 e. The van der Waals surface area contributed by atoms with Crippen LogP contribution < -0.4 is 10.4 Å². The molecule has 0 atom stereocenters. The van der Waals surface area contributed by atoms with Gasteiger partial charge in [-0.3, -0.25) is 4.92 Å². The largest absolute Gasteiger partial charge is 0.474 e. The molecule has 22 heavy (non-hydrogen) atoms. The van der Waals surface area contributed by atoms with E-state index in [0.29, 0.717) is 10.6 Å². The van der Waals surface area contributed by atoms with Gasteiger partial charge in [-0.2, -0.15) is 5.10 Å². The standard InChI is InChI=1S/C16H17BClN3O/c1-2-3-5-12-6-4-7-14(10-12)21-17(22)15-13(11-20-21)8-9-19-16(15)18/h4,6-11,22H,2-3,5H2,1H3. The van der Waals surface area contributed by atoms with E-state index in [4.69, 9.17) is 11.6 Å². The Morgan fingerprint density at radius 1 is 1.32 bits per heavy atom. The fraction of sp³-hybridized carbons (Fsp3) is 0.250. The molecule has 1 aromatic heterocycles. The van der Waals surface area contributed by atoms with Crippen molar-refractivity contribution in [3.8, 4) is 0 Å². The fourth-order valence-corrected chi connectivity index (χ4v) is 2.85. The van der Waals surface area contributed by atoms with E-state index in [0.717, 1.165) is 30.5 Å². The zero-order valence-corrected chi connectivity index (χ0v) is 13.2. The molecule has 4 nitrogen and oxygen atoms in total. The van der Waals surface area contributed by atoms with Crippen molar-refractivity contribution in [3.05, 3.63) is 52.8 Å². The Labute approximate surface area is 135 Å². The first-order valence-corrected chi connectivity index (χ1v) is 7.83. The van der Waals surface area contributed by atoms with E-state index in [-0.39, 0.29) is 0 Å². The molecular weight excluding hydrogens is 296 g/mol. The molecule has 0 fully saturated rings. The Morgan fingerprint density at radius 3 is 3.00 bits per heavy atom. The molecule has 0 saturated carbocycles. The molecule has 0 amide bonds. The van der Waals surface area contributed by atoms with Crippen LogP contribution in [0.4, 0.5) is 5.69 Å². The molecule has 1 aromatic carbocycles. The van der Waals surface area contributed by atoms with Gasteiger partial charge in [0, 0.05) is 17.3 Å². The Morgan fingerprint density at radius 2 is 2.18 bits per heavy atom. The van der Waals surface area contributed by atoms with Gasteiger partial charge in [0.1, 0.15) is 5.15 Å². The van der Waals surface area contributed by atoms with Gasteiger partial charge in [0.05, 0.1) is 6.21 Å². The number of aryl methyl sites for hydroxylation is 1. The van der Waals surface area contributed by atoms with Gasteiger partial charge in [0.15, 0.2) is 0 Å². The minimum atomic E-state index is -0.928. The second-order valence-electron chi connectivity index (χ2n) is 5.34. The lowest BCUT2D eigenvalue weighted by Crippen LogP contribution is -2.51. The molecule has 0 aliphatic carbocycles. The van der Waals surface area contributed by atoms with Gasteiger partial charge < -0.3 is 5.02 Å². The van der Waals surface area contributed by atoms with Crippen molar-refractivity contribution in [1.82, 2.24) is 4.98 Å². The summed E-state index contributed by atoms with van der Waals surface area (Å²) in [5.74, 6) is 0. The van der Waals surface area contributed by atoms with Gasteiger partial charge in [0.2, 0.25) is 0 Å². The average Bonchev–Trinajstić information content (AvgIpc) is 2.53. The zero-order valence-electron chi connectivity index (χ0n) is 12.4. The van der Waals surface area contributed by atoms with Gasteiger partial charge in [0.25, 0.3) is 0 Å². The van der Waals surface area contributed by atoms with Gasteiger partial charge in [-0.05, 0) is 42.2 Å². The molecule has 0 spiro atoms. The lowest BCUT2D eigenvalue weighted by atomic mass is 9.70. The third kappa shape index (κ3) is 2.87. The lowest BCUT2D eigenvalue weighted by Gasteiger charge is -2.27. The first kappa shape index (κ1) is 15.1. The number of aromatic nitrogens is 1. The highest BCUT2D eigenvalue weighted by Crippen LogP contribution is 2.22. The normalized spacial score (nSPS) is 13.4. The van der Waals surface area contributed by atoms with Crippen LogP contribution in [0.15, 0.2) is 41.6 Å². The van der Waals surface area contributed by atoms with Crippen molar-refractivity contribution in [2.75, 3.05) is 4.92 Å². The molecule has 1 N–H and O–H groups in total. The Bertz CT molecular complexity index is 708. The number of hydrogen-bond donors (Lipinski definition) is 1. The summed E-state index contributed by atoms with van der Waals surface area (Å²) < 4.78 is 0. The van der Waals surface area contributed by atoms with E-state index in [1.807, 2.05) is 12.1 Å². The average molecular weight is 314 g/mol. The number of nitrogens with zero attached hydrogens (tertiary/aromatic N) is 3. The highest BCUT2D eigenvalue weighted by molar-refractivity contribution is 6.74. The summed E-state index contributed by atoms with van der Waals surface area (Å²) in [5.41, 5.74) is 3.48. The minimum Gasteiger partial charge on any atom is -0.427 e. The van der Waals surface area contributed by atoms with E-state index in [1.54, 1.807) is 23.4 Å². The molecule has 0 bridgehead atoms. The number of rotatable bonds is 4. The summed E-state index contributed by atoms with van der Waals surface area (Å²) in [6, 6.07) is 9.88. The zero-order chi connectivity index (χ0) is 15.5. The molecule has 0 saturated heterocycles. The maximum Gasteiger partial charge on any atom is 0.474 e. The van der Waals surface area contributed by atoms with Gasteiger partial charge in [-0.25, -0.2) is 4.98 Å². The monoisotopic (exact) mass is 313 g/mol. The molecule has 3 rings (SSSR count). The molecule has 1 aliphatic rings. The number of halogens is 1. The van der Waals surface area contributed by atoms with Crippen LogP contribution in [0.5, 0.6) is 0 Å². The van der Waals surface area contributed by atoms with E-state index >= 15 is 0 Å². The third-order valence-corrected chi connectivity index (χ3v) is 4.08. The Kier molecular flexibility index (Phi) is 4.45. The van der Waals surface area contributed by atoms with E-state index in [9.17, 15) is 5.02 Å². The van der Waals surface area contributed by atoms with E-state index in [1.165, 1.54) is 5.56 Å². The van der Waals surface area contributed by atoms with Crippen molar-refractivity contribution >= 4 is 36.0 Å².